The van der Waals surface area contributed by atoms with Gasteiger partial charge in [0.05, 0.1) is 6.10 Å². The van der Waals surface area contributed by atoms with Gasteiger partial charge >= 0.3 is 6.09 Å². The van der Waals surface area contributed by atoms with Crippen LogP contribution in [0.25, 0.3) is 16.9 Å². The molecular formula is C22H26N6O3. The average Bonchev–Trinajstić information content (AvgIpc) is 3.29. The Morgan fingerprint density at radius 2 is 1.84 bits per heavy atom. The first kappa shape index (κ1) is 20.8. The number of rotatable bonds is 5. The van der Waals surface area contributed by atoms with E-state index in [2.05, 4.69) is 20.5 Å². The van der Waals surface area contributed by atoms with Gasteiger partial charge in [-0.05, 0) is 61.0 Å². The summed E-state index contributed by atoms with van der Waals surface area (Å²) in [7, 11) is 0. The Morgan fingerprint density at radius 3 is 2.45 bits per heavy atom. The van der Waals surface area contributed by atoms with Crippen molar-refractivity contribution in [1.82, 2.24) is 30.1 Å². The summed E-state index contributed by atoms with van der Waals surface area (Å²) >= 11 is 0. The molecule has 0 atom stereocenters. The molecule has 1 fully saturated rings. The van der Waals surface area contributed by atoms with Gasteiger partial charge in [-0.15, -0.1) is 5.10 Å². The van der Waals surface area contributed by atoms with Gasteiger partial charge < -0.3 is 14.4 Å². The Labute approximate surface area is 181 Å². The molecule has 3 aromatic rings. The van der Waals surface area contributed by atoms with E-state index in [4.69, 9.17) is 9.47 Å². The molecule has 0 spiro atoms. The number of amides is 1. The van der Waals surface area contributed by atoms with Crippen LogP contribution in [0.15, 0.2) is 42.7 Å². The summed E-state index contributed by atoms with van der Waals surface area (Å²) in [5.74, 6) is 1.50. The van der Waals surface area contributed by atoms with Crippen LogP contribution in [0, 0.1) is 6.92 Å². The van der Waals surface area contributed by atoms with Crippen molar-refractivity contribution in [3.8, 4) is 22.7 Å². The van der Waals surface area contributed by atoms with Crippen molar-refractivity contribution >= 4 is 6.09 Å². The number of piperidine rings is 1. The highest BCUT2D eigenvalue weighted by molar-refractivity contribution is 5.68. The predicted molar refractivity (Wildman–Crippen MR) is 114 cm³/mol. The zero-order valence-corrected chi connectivity index (χ0v) is 17.9. The maximum absolute atomic E-state index is 12.0. The fraction of sp³-hybridized carbons (Fsp3) is 0.409. The number of carbonyl (C=O) groups is 1. The van der Waals surface area contributed by atoms with E-state index in [0.29, 0.717) is 18.9 Å². The summed E-state index contributed by atoms with van der Waals surface area (Å²) in [5, 5.41) is 11.2. The molecule has 9 heteroatoms. The standard InChI is InChI=1S/C22H26N6O3/c1-15(2)30-22(29)27-12-10-19(11-13-27)31-18-6-4-17(5-7-18)20-8-9-21(24-16(20)3)28-14-23-25-26-28/h4-9,14-15,19H,10-13H2,1-3H3. The Bertz CT molecular complexity index is 1010. The van der Waals surface area contributed by atoms with Gasteiger partial charge in [-0.25, -0.2) is 9.78 Å². The third-order valence-corrected chi connectivity index (χ3v) is 5.16. The van der Waals surface area contributed by atoms with Gasteiger partial charge in [0.15, 0.2) is 5.82 Å². The molecule has 4 rings (SSSR count). The number of pyridine rings is 1. The second kappa shape index (κ2) is 9.11. The lowest BCUT2D eigenvalue weighted by molar-refractivity contribution is 0.0517. The SMILES string of the molecule is Cc1nc(-n2cnnn2)ccc1-c1ccc(OC2CCN(C(=O)OC(C)C)CC2)cc1. The number of aryl methyl sites for hydroxylation is 1. The number of benzene rings is 1. The van der Waals surface area contributed by atoms with Crippen molar-refractivity contribution in [2.75, 3.05) is 13.1 Å². The number of hydrogen-bond donors (Lipinski definition) is 0. The lowest BCUT2D eigenvalue weighted by Gasteiger charge is -2.32. The van der Waals surface area contributed by atoms with Crippen molar-refractivity contribution in [3.63, 3.8) is 0 Å². The van der Waals surface area contributed by atoms with Crippen LogP contribution in [0.1, 0.15) is 32.4 Å². The van der Waals surface area contributed by atoms with E-state index in [0.717, 1.165) is 35.4 Å². The summed E-state index contributed by atoms with van der Waals surface area (Å²) in [4.78, 5) is 18.3. The molecule has 1 aliphatic rings. The lowest BCUT2D eigenvalue weighted by Crippen LogP contribution is -2.42. The molecule has 31 heavy (non-hydrogen) atoms. The van der Waals surface area contributed by atoms with E-state index in [-0.39, 0.29) is 18.3 Å². The van der Waals surface area contributed by atoms with E-state index in [9.17, 15) is 4.79 Å². The fourth-order valence-electron chi connectivity index (χ4n) is 3.58. The van der Waals surface area contributed by atoms with Crippen molar-refractivity contribution in [2.24, 2.45) is 0 Å². The van der Waals surface area contributed by atoms with E-state index in [1.807, 2.05) is 57.2 Å². The van der Waals surface area contributed by atoms with E-state index in [1.54, 1.807) is 4.90 Å². The van der Waals surface area contributed by atoms with Crippen LogP contribution < -0.4 is 4.74 Å². The van der Waals surface area contributed by atoms with E-state index < -0.39 is 0 Å². The highest BCUT2D eigenvalue weighted by Gasteiger charge is 2.25. The summed E-state index contributed by atoms with van der Waals surface area (Å²) in [5.41, 5.74) is 2.99. The van der Waals surface area contributed by atoms with Gasteiger partial charge in [0.1, 0.15) is 18.2 Å². The second-order valence-corrected chi connectivity index (χ2v) is 7.82. The third kappa shape index (κ3) is 4.99. The van der Waals surface area contributed by atoms with Crippen LogP contribution in [0.3, 0.4) is 0 Å². The molecule has 0 N–H and O–H groups in total. The monoisotopic (exact) mass is 422 g/mol. The van der Waals surface area contributed by atoms with Gasteiger partial charge in [-0.1, -0.05) is 12.1 Å². The minimum Gasteiger partial charge on any atom is -0.490 e. The largest absolute Gasteiger partial charge is 0.490 e. The molecule has 1 amide bonds. The normalized spacial score (nSPS) is 14.6. The molecule has 1 aliphatic heterocycles. The van der Waals surface area contributed by atoms with Crippen LogP contribution in [0.2, 0.25) is 0 Å². The molecule has 2 aromatic heterocycles. The topological polar surface area (TPSA) is 95.3 Å². The number of tetrazole rings is 1. The molecule has 1 aromatic carbocycles. The maximum Gasteiger partial charge on any atom is 0.410 e. The third-order valence-electron chi connectivity index (χ3n) is 5.16. The van der Waals surface area contributed by atoms with Crippen LogP contribution in [0.4, 0.5) is 4.79 Å². The van der Waals surface area contributed by atoms with Crippen LogP contribution in [-0.4, -0.2) is 61.5 Å². The molecule has 0 saturated carbocycles. The van der Waals surface area contributed by atoms with E-state index in [1.165, 1.54) is 11.0 Å². The molecule has 0 unspecified atom stereocenters. The molecule has 3 heterocycles. The molecule has 0 radical (unpaired) electrons. The first-order valence-corrected chi connectivity index (χ1v) is 10.4. The highest BCUT2D eigenvalue weighted by atomic mass is 16.6. The van der Waals surface area contributed by atoms with Crippen molar-refractivity contribution in [2.45, 2.75) is 45.8 Å². The Morgan fingerprint density at radius 1 is 1.10 bits per heavy atom. The maximum atomic E-state index is 12.0. The molecular weight excluding hydrogens is 396 g/mol. The molecule has 9 nitrogen and oxygen atoms in total. The number of nitrogens with zero attached hydrogens (tertiary/aromatic N) is 6. The molecule has 0 aliphatic carbocycles. The smallest absolute Gasteiger partial charge is 0.410 e. The fourth-order valence-corrected chi connectivity index (χ4v) is 3.58. The van der Waals surface area contributed by atoms with Crippen LogP contribution >= 0.6 is 0 Å². The van der Waals surface area contributed by atoms with Gasteiger partial charge in [-0.3, -0.25) is 0 Å². The zero-order chi connectivity index (χ0) is 21.8. The van der Waals surface area contributed by atoms with Gasteiger partial charge in [0.25, 0.3) is 0 Å². The molecule has 1 saturated heterocycles. The van der Waals surface area contributed by atoms with Gasteiger partial charge in [-0.2, -0.15) is 4.68 Å². The van der Waals surface area contributed by atoms with Crippen molar-refractivity contribution in [1.29, 1.82) is 0 Å². The van der Waals surface area contributed by atoms with Crippen LogP contribution in [-0.2, 0) is 4.74 Å². The lowest BCUT2D eigenvalue weighted by atomic mass is 10.0. The minimum atomic E-state index is -0.243. The van der Waals surface area contributed by atoms with Gasteiger partial charge in [0, 0.05) is 37.2 Å². The average molecular weight is 422 g/mol. The number of ether oxygens (including phenoxy) is 2. The zero-order valence-electron chi connectivity index (χ0n) is 17.9. The van der Waals surface area contributed by atoms with E-state index >= 15 is 0 Å². The summed E-state index contributed by atoms with van der Waals surface area (Å²) in [6, 6.07) is 11.9. The second-order valence-electron chi connectivity index (χ2n) is 7.82. The highest BCUT2D eigenvalue weighted by Crippen LogP contribution is 2.27. The number of likely N-dealkylation sites (tertiary alicyclic amines) is 1. The first-order valence-electron chi connectivity index (χ1n) is 10.4. The van der Waals surface area contributed by atoms with Crippen molar-refractivity contribution < 1.29 is 14.3 Å². The number of aromatic nitrogens is 5. The number of hydrogen-bond acceptors (Lipinski definition) is 7. The molecule has 0 bridgehead atoms. The number of carbonyl (C=O) groups excluding carboxylic acids is 1. The summed E-state index contributed by atoms with van der Waals surface area (Å²) in [6.45, 7) is 6.97. The van der Waals surface area contributed by atoms with Crippen LogP contribution in [0.5, 0.6) is 5.75 Å². The predicted octanol–water partition coefficient (Wildman–Crippen LogP) is 3.42. The van der Waals surface area contributed by atoms with Crippen molar-refractivity contribution in [3.05, 3.63) is 48.4 Å². The first-order chi connectivity index (χ1) is 15.0. The Hall–Kier alpha value is -3.49. The summed E-state index contributed by atoms with van der Waals surface area (Å²) in [6.07, 6.45) is 2.84. The minimum absolute atomic E-state index is 0.0907. The molecule has 162 valence electrons. The Kier molecular flexibility index (Phi) is 6.11. The quantitative estimate of drug-likeness (QED) is 0.622. The Balaban J connectivity index is 1.35. The summed E-state index contributed by atoms with van der Waals surface area (Å²) < 4.78 is 12.9. The van der Waals surface area contributed by atoms with Gasteiger partial charge in [0.2, 0.25) is 0 Å².